The third-order valence-electron chi connectivity index (χ3n) is 2.46. The Hall–Kier alpha value is -0.266. The molecule has 0 bridgehead atoms. The summed E-state index contributed by atoms with van der Waals surface area (Å²) in [6.45, 7) is 14.2. The largest absolute Gasteiger partial charge is 0.329 e. The molecular weight excluding hydrogens is 232 g/mol. The second-order valence-corrected chi connectivity index (χ2v) is 16.4. The fraction of sp³-hybridized carbons (Fsp3) is 0.818. The third kappa shape index (κ3) is 5.72. The quantitative estimate of drug-likeness (QED) is 0.586. The Morgan fingerprint density at radius 3 is 1.88 bits per heavy atom. The average molecular weight is 259 g/mol. The molecule has 0 radical (unpaired) electrons. The van der Waals surface area contributed by atoms with Crippen molar-refractivity contribution in [2.45, 2.75) is 45.7 Å². The summed E-state index contributed by atoms with van der Waals surface area (Å²) in [5, 5.41) is 1.54. The van der Waals surface area contributed by atoms with Crippen LogP contribution in [0.5, 0.6) is 0 Å². The maximum Gasteiger partial charge on any atom is 0.124 e. The van der Waals surface area contributed by atoms with E-state index in [1.54, 1.807) is 0 Å². The lowest BCUT2D eigenvalue weighted by atomic mass is 10.5. The van der Waals surface area contributed by atoms with E-state index in [0.717, 1.165) is 5.33 Å². The lowest BCUT2D eigenvalue weighted by Gasteiger charge is -2.22. The molecule has 0 aliphatic heterocycles. The van der Waals surface area contributed by atoms with E-state index in [-0.39, 0.29) is 0 Å². The maximum atomic E-state index is 12.1. The summed E-state index contributed by atoms with van der Waals surface area (Å²) in [5.41, 5.74) is 5.47. The number of aliphatic imine (C=N–C) groups is 1. The van der Waals surface area contributed by atoms with E-state index >= 15 is 0 Å². The van der Waals surface area contributed by atoms with Crippen molar-refractivity contribution in [1.29, 1.82) is 0 Å². The second kappa shape index (κ2) is 5.88. The third-order valence-corrected chi connectivity index (χ3v) is 6.38. The zero-order valence-corrected chi connectivity index (χ0v) is 13.6. The van der Waals surface area contributed by atoms with Crippen molar-refractivity contribution in [3.05, 3.63) is 0 Å². The lowest BCUT2D eigenvalue weighted by molar-refractivity contribution is -0.111. The van der Waals surface area contributed by atoms with E-state index in [9.17, 15) is 4.79 Å². The molecule has 0 unspecified atom stereocenters. The van der Waals surface area contributed by atoms with Crippen molar-refractivity contribution in [1.82, 2.24) is 0 Å². The van der Waals surface area contributed by atoms with E-state index in [4.69, 9.17) is 5.73 Å². The number of hydrogen-bond donors (Lipinski definition) is 1. The maximum absolute atomic E-state index is 12.1. The molecule has 2 N–H and O–H groups in total. The van der Waals surface area contributed by atoms with E-state index in [2.05, 4.69) is 44.3 Å². The summed E-state index contributed by atoms with van der Waals surface area (Å²) in [5.74, 6) is 0. The Morgan fingerprint density at radius 1 is 1.06 bits per heavy atom. The molecule has 5 heteroatoms. The highest BCUT2D eigenvalue weighted by atomic mass is 28.3. The van der Waals surface area contributed by atoms with Gasteiger partial charge in [0.1, 0.15) is 13.5 Å². The lowest BCUT2D eigenvalue weighted by Crippen LogP contribution is -2.41. The van der Waals surface area contributed by atoms with Crippen LogP contribution in [0.1, 0.15) is 6.42 Å². The van der Waals surface area contributed by atoms with Crippen LogP contribution in [0.3, 0.4) is 0 Å². The fourth-order valence-electron chi connectivity index (χ4n) is 1.17. The van der Waals surface area contributed by atoms with Crippen LogP contribution in [0.2, 0.25) is 39.3 Å². The van der Waals surface area contributed by atoms with Crippen LogP contribution in [0, 0.1) is 0 Å². The van der Waals surface area contributed by atoms with Gasteiger partial charge in [-0.05, 0) is 0 Å². The molecule has 0 aromatic carbocycles. The SMILES string of the molecule is C[Si](C)(C)C(=O)C/C(=N/CCN)[Si](C)(C)C. The number of nitrogens with zero attached hydrogens (tertiary/aromatic N) is 1. The Labute approximate surface area is 102 Å². The highest BCUT2D eigenvalue weighted by Crippen LogP contribution is 2.13. The van der Waals surface area contributed by atoms with Gasteiger partial charge in [0.05, 0.1) is 14.6 Å². The molecule has 0 amide bonds. The zero-order chi connectivity index (χ0) is 13.0. The minimum Gasteiger partial charge on any atom is -0.329 e. The van der Waals surface area contributed by atoms with Gasteiger partial charge < -0.3 is 10.5 Å². The number of nitrogens with two attached hydrogens (primary N) is 1. The van der Waals surface area contributed by atoms with Crippen LogP contribution in [-0.4, -0.2) is 40.0 Å². The molecule has 0 aliphatic rings. The average Bonchev–Trinajstić information content (AvgIpc) is 2.08. The molecule has 0 aromatic heterocycles. The van der Waals surface area contributed by atoms with Gasteiger partial charge in [-0.25, -0.2) is 0 Å². The van der Waals surface area contributed by atoms with E-state index in [0.29, 0.717) is 24.9 Å². The Kier molecular flexibility index (Phi) is 5.79. The molecule has 3 nitrogen and oxygen atoms in total. The van der Waals surface area contributed by atoms with Gasteiger partial charge in [-0.15, -0.1) is 0 Å². The van der Waals surface area contributed by atoms with Gasteiger partial charge >= 0.3 is 0 Å². The van der Waals surface area contributed by atoms with Gasteiger partial charge in [0.25, 0.3) is 0 Å². The Balaban J connectivity index is 4.77. The van der Waals surface area contributed by atoms with Crippen molar-refractivity contribution in [3.8, 4) is 0 Å². The van der Waals surface area contributed by atoms with Crippen molar-refractivity contribution in [2.75, 3.05) is 13.1 Å². The van der Waals surface area contributed by atoms with Crippen LogP contribution in [0.4, 0.5) is 0 Å². The van der Waals surface area contributed by atoms with Crippen LogP contribution in [-0.2, 0) is 4.79 Å². The van der Waals surface area contributed by atoms with Crippen LogP contribution in [0.25, 0.3) is 0 Å². The van der Waals surface area contributed by atoms with E-state index in [1.807, 2.05) is 0 Å². The zero-order valence-electron chi connectivity index (χ0n) is 11.6. The van der Waals surface area contributed by atoms with Gasteiger partial charge in [0.15, 0.2) is 0 Å². The van der Waals surface area contributed by atoms with E-state index < -0.39 is 16.1 Å². The first kappa shape index (κ1) is 15.7. The normalized spacial score (nSPS) is 14.1. The fourth-order valence-corrected chi connectivity index (χ4v) is 3.33. The van der Waals surface area contributed by atoms with Crippen molar-refractivity contribution < 1.29 is 4.79 Å². The van der Waals surface area contributed by atoms with Gasteiger partial charge in [0, 0.05) is 18.3 Å². The Morgan fingerprint density at radius 2 is 1.56 bits per heavy atom. The molecule has 0 spiro atoms. The molecule has 0 saturated carbocycles. The first-order valence-electron chi connectivity index (χ1n) is 5.86. The van der Waals surface area contributed by atoms with Gasteiger partial charge in [0.2, 0.25) is 0 Å². The highest BCUT2D eigenvalue weighted by Gasteiger charge is 2.29. The predicted octanol–water partition coefficient (Wildman–Crippen LogP) is 2.10. The first-order chi connectivity index (χ1) is 7.09. The van der Waals surface area contributed by atoms with Crippen LogP contribution < -0.4 is 5.73 Å². The van der Waals surface area contributed by atoms with Crippen molar-refractivity contribution >= 4 is 26.9 Å². The molecule has 0 atom stereocenters. The molecule has 0 aromatic rings. The summed E-state index contributed by atoms with van der Waals surface area (Å²) < 4.78 is 0. The van der Waals surface area contributed by atoms with Gasteiger partial charge in [-0.2, -0.15) is 0 Å². The molecule has 0 saturated heterocycles. The summed E-state index contributed by atoms with van der Waals surface area (Å²) in [4.78, 5) is 16.6. The second-order valence-electron chi connectivity index (χ2n) is 6.22. The molecule has 0 fully saturated rings. The number of carbonyl (C=O) groups is 1. The van der Waals surface area contributed by atoms with Crippen molar-refractivity contribution in [2.24, 2.45) is 10.7 Å². The Bertz CT molecular complexity index is 275. The molecular formula is C11H26N2OSi2. The van der Waals surface area contributed by atoms with Crippen LogP contribution >= 0.6 is 0 Å². The standard InChI is InChI=1S/C11H26N2OSi2/c1-15(2,3)10(13-8-7-12)9-11(14)16(4,5)6/h7-9,12H2,1-6H3/b13-10-. The van der Waals surface area contributed by atoms with Gasteiger partial charge in [-0.3, -0.25) is 4.99 Å². The summed E-state index contributed by atoms with van der Waals surface area (Å²) in [7, 11) is -3.14. The molecule has 16 heavy (non-hydrogen) atoms. The number of rotatable bonds is 6. The molecule has 0 aliphatic carbocycles. The van der Waals surface area contributed by atoms with Gasteiger partial charge in [-0.1, -0.05) is 39.3 Å². The number of carbonyl (C=O) groups excluding carboxylic acids is 1. The predicted molar refractivity (Wildman–Crippen MR) is 77.7 cm³/mol. The summed E-state index contributed by atoms with van der Waals surface area (Å²) in [6, 6.07) is 0. The van der Waals surface area contributed by atoms with E-state index in [1.165, 1.54) is 0 Å². The van der Waals surface area contributed by atoms with Crippen LogP contribution in [0.15, 0.2) is 4.99 Å². The topological polar surface area (TPSA) is 55.5 Å². The number of hydrogen-bond acceptors (Lipinski definition) is 3. The first-order valence-corrected chi connectivity index (χ1v) is 12.9. The highest BCUT2D eigenvalue weighted by molar-refractivity contribution is 7.09. The minimum atomic E-state index is -1.67. The molecule has 94 valence electrons. The van der Waals surface area contributed by atoms with Crippen molar-refractivity contribution in [3.63, 3.8) is 0 Å². The monoisotopic (exact) mass is 258 g/mol. The summed E-state index contributed by atoms with van der Waals surface area (Å²) >= 11 is 0. The summed E-state index contributed by atoms with van der Waals surface area (Å²) in [6.07, 6.45) is 0.561. The minimum absolute atomic E-state index is 0.408. The smallest absolute Gasteiger partial charge is 0.124 e. The molecule has 0 rings (SSSR count). The molecule has 0 heterocycles.